The molecular formula is C10H19ClOSi. The lowest BCUT2D eigenvalue weighted by Gasteiger charge is -2.10. The number of hydrogen-bond acceptors (Lipinski definition) is 1. The van der Waals surface area contributed by atoms with Crippen molar-refractivity contribution in [1.29, 1.82) is 0 Å². The predicted molar refractivity (Wildman–Crippen MR) is 61.8 cm³/mol. The van der Waals surface area contributed by atoms with E-state index in [1.165, 1.54) is 0 Å². The van der Waals surface area contributed by atoms with Crippen molar-refractivity contribution in [3.05, 3.63) is 11.1 Å². The van der Waals surface area contributed by atoms with Crippen molar-refractivity contribution < 1.29 is 4.79 Å². The molecule has 0 aromatic heterocycles. The van der Waals surface area contributed by atoms with Crippen LogP contribution >= 0.6 is 11.6 Å². The summed E-state index contributed by atoms with van der Waals surface area (Å²) in [6.07, 6.45) is 4.65. The lowest BCUT2D eigenvalue weighted by atomic mass is 10.2. The largest absolute Gasteiger partial charge is 0.301 e. The lowest BCUT2D eigenvalue weighted by molar-refractivity contribution is -0.108. The fourth-order valence-electron chi connectivity index (χ4n) is 0.777. The van der Waals surface area contributed by atoms with Gasteiger partial charge in [-0.1, -0.05) is 44.6 Å². The van der Waals surface area contributed by atoms with Crippen molar-refractivity contribution in [3.63, 3.8) is 0 Å². The third-order valence-electron chi connectivity index (χ3n) is 1.80. The van der Waals surface area contributed by atoms with E-state index in [4.69, 9.17) is 11.6 Å². The molecule has 0 aromatic carbocycles. The first-order chi connectivity index (χ1) is 5.88. The highest BCUT2D eigenvalue weighted by Crippen LogP contribution is 2.14. The zero-order chi connectivity index (χ0) is 10.5. The minimum atomic E-state index is -1.66. The van der Waals surface area contributed by atoms with Crippen molar-refractivity contribution in [2.75, 3.05) is 0 Å². The number of hydrogen-bond donors (Lipinski definition) is 0. The molecule has 3 heteroatoms. The van der Waals surface area contributed by atoms with Crippen molar-refractivity contribution in [2.45, 2.75) is 45.8 Å². The molecule has 0 rings (SSSR count). The zero-order valence-corrected chi connectivity index (χ0v) is 10.7. The monoisotopic (exact) mass is 218 g/mol. The second-order valence-corrected chi connectivity index (χ2v) is 9.79. The highest BCUT2D eigenvalue weighted by Gasteiger charge is 2.21. The molecule has 0 fully saturated rings. The van der Waals surface area contributed by atoms with Crippen molar-refractivity contribution in [3.8, 4) is 0 Å². The van der Waals surface area contributed by atoms with Gasteiger partial charge in [0.2, 0.25) is 0 Å². The van der Waals surface area contributed by atoms with Gasteiger partial charge in [0.05, 0.1) is 0 Å². The maximum atomic E-state index is 11.5. The maximum absolute atomic E-state index is 11.5. The molecule has 0 N–H and O–H groups in total. The summed E-state index contributed by atoms with van der Waals surface area (Å²) in [7, 11) is -1.66. The van der Waals surface area contributed by atoms with Gasteiger partial charge in [-0.2, -0.15) is 0 Å². The average molecular weight is 219 g/mol. The molecule has 0 heterocycles. The van der Waals surface area contributed by atoms with Gasteiger partial charge in [0.1, 0.15) is 13.5 Å². The molecule has 0 spiro atoms. The summed E-state index contributed by atoms with van der Waals surface area (Å²) in [4.78, 5) is 11.5. The van der Waals surface area contributed by atoms with E-state index in [1.807, 2.05) is 19.6 Å². The smallest absolute Gasteiger partial charge is 0.133 e. The van der Waals surface area contributed by atoms with Gasteiger partial charge in [-0.05, 0) is 18.9 Å². The SMILES string of the molecule is CCCC/C(Cl)=C\C(=O)[Si](C)(C)C. The van der Waals surface area contributed by atoms with Crippen LogP contribution in [0.4, 0.5) is 0 Å². The molecule has 76 valence electrons. The molecule has 0 aliphatic carbocycles. The van der Waals surface area contributed by atoms with E-state index < -0.39 is 8.07 Å². The Morgan fingerprint density at radius 1 is 1.38 bits per heavy atom. The number of unbranched alkanes of at least 4 members (excludes halogenated alkanes) is 1. The first kappa shape index (κ1) is 12.9. The van der Waals surface area contributed by atoms with Crippen LogP contribution in [-0.4, -0.2) is 13.5 Å². The van der Waals surface area contributed by atoms with Crippen LogP contribution in [-0.2, 0) is 4.79 Å². The minimum Gasteiger partial charge on any atom is -0.301 e. The Kier molecular flexibility index (Phi) is 5.57. The molecular weight excluding hydrogens is 200 g/mol. The molecule has 1 nitrogen and oxygen atoms in total. The van der Waals surface area contributed by atoms with Crippen LogP contribution in [0.25, 0.3) is 0 Å². The van der Waals surface area contributed by atoms with E-state index in [0.29, 0.717) is 5.03 Å². The van der Waals surface area contributed by atoms with Gasteiger partial charge in [-0.15, -0.1) is 0 Å². The predicted octanol–water partition coefficient (Wildman–Crippen LogP) is 3.75. The molecule has 0 radical (unpaired) electrons. The van der Waals surface area contributed by atoms with E-state index in [1.54, 1.807) is 6.08 Å². The zero-order valence-electron chi connectivity index (χ0n) is 8.98. The normalized spacial score (nSPS) is 13.2. The van der Waals surface area contributed by atoms with Gasteiger partial charge in [0.15, 0.2) is 0 Å². The van der Waals surface area contributed by atoms with Gasteiger partial charge in [-0.3, -0.25) is 0 Å². The lowest BCUT2D eigenvalue weighted by Crippen LogP contribution is -2.31. The van der Waals surface area contributed by atoms with Gasteiger partial charge < -0.3 is 4.79 Å². The molecule has 0 amide bonds. The molecule has 0 saturated heterocycles. The molecule has 0 atom stereocenters. The van der Waals surface area contributed by atoms with E-state index in [-0.39, 0.29) is 5.41 Å². The average Bonchev–Trinajstić information content (AvgIpc) is 1.99. The Morgan fingerprint density at radius 2 is 1.92 bits per heavy atom. The van der Waals surface area contributed by atoms with E-state index in [0.717, 1.165) is 19.3 Å². The third-order valence-corrected chi connectivity index (χ3v) is 3.72. The Morgan fingerprint density at radius 3 is 2.31 bits per heavy atom. The Balaban J connectivity index is 4.15. The molecule has 0 bridgehead atoms. The van der Waals surface area contributed by atoms with Gasteiger partial charge in [-0.25, -0.2) is 0 Å². The molecule has 0 saturated carbocycles. The molecule has 13 heavy (non-hydrogen) atoms. The highest BCUT2D eigenvalue weighted by molar-refractivity contribution is 7.05. The van der Waals surface area contributed by atoms with E-state index >= 15 is 0 Å². The molecule has 0 unspecified atom stereocenters. The Labute approximate surface area is 87.2 Å². The van der Waals surface area contributed by atoms with Crippen LogP contribution in [0.5, 0.6) is 0 Å². The first-order valence-electron chi connectivity index (χ1n) is 4.78. The summed E-state index contributed by atoms with van der Waals surface area (Å²) in [5.74, 6) is 0. The summed E-state index contributed by atoms with van der Waals surface area (Å²) >= 11 is 5.92. The van der Waals surface area contributed by atoms with E-state index in [9.17, 15) is 4.79 Å². The second kappa shape index (κ2) is 5.61. The Hall–Kier alpha value is -0.0831. The van der Waals surface area contributed by atoms with Gasteiger partial charge >= 0.3 is 0 Å². The maximum Gasteiger partial charge on any atom is 0.133 e. The quantitative estimate of drug-likeness (QED) is 0.508. The van der Waals surface area contributed by atoms with Crippen LogP contribution in [0.2, 0.25) is 19.6 Å². The van der Waals surface area contributed by atoms with Gasteiger partial charge in [0, 0.05) is 5.03 Å². The topological polar surface area (TPSA) is 17.1 Å². The van der Waals surface area contributed by atoms with Crippen LogP contribution in [0.15, 0.2) is 11.1 Å². The highest BCUT2D eigenvalue weighted by atomic mass is 35.5. The van der Waals surface area contributed by atoms with Crippen molar-refractivity contribution in [2.24, 2.45) is 0 Å². The Bertz CT molecular complexity index is 203. The summed E-state index contributed by atoms with van der Waals surface area (Å²) < 4.78 is 0. The first-order valence-corrected chi connectivity index (χ1v) is 8.66. The molecule has 0 aliphatic heterocycles. The van der Waals surface area contributed by atoms with Crippen LogP contribution in [0.1, 0.15) is 26.2 Å². The number of carbonyl (C=O) groups is 1. The van der Waals surface area contributed by atoms with Crippen LogP contribution in [0.3, 0.4) is 0 Å². The second-order valence-electron chi connectivity index (χ2n) is 4.31. The fourth-order valence-corrected chi connectivity index (χ4v) is 1.71. The van der Waals surface area contributed by atoms with Crippen molar-refractivity contribution in [1.82, 2.24) is 0 Å². The number of carbonyl (C=O) groups excluding carboxylic acids is 1. The summed E-state index contributed by atoms with van der Waals surface area (Å²) in [5.41, 5.74) is 0. The summed E-state index contributed by atoms with van der Waals surface area (Å²) in [6, 6.07) is 0. The number of halogens is 1. The number of rotatable bonds is 5. The third kappa shape index (κ3) is 6.05. The van der Waals surface area contributed by atoms with Crippen LogP contribution < -0.4 is 0 Å². The summed E-state index contributed by atoms with van der Waals surface area (Å²) in [5, 5.41) is 0.961. The molecule has 0 aliphatic rings. The van der Waals surface area contributed by atoms with Crippen LogP contribution in [0, 0.1) is 0 Å². The standard InChI is InChI=1S/C10H19ClOSi/c1-5-6-7-9(11)8-10(12)13(2,3)4/h8H,5-7H2,1-4H3/b9-8+. The van der Waals surface area contributed by atoms with Gasteiger partial charge in [0.25, 0.3) is 0 Å². The van der Waals surface area contributed by atoms with E-state index in [2.05, 4.69) is 6.92 Å². The molecule has 0 aromatic rings. The van der Waals surface area contributed by atoms with Crippen molar-refractivity contribution >= 4 is 25.1 Å². The fraction of sp³-hybridized carbons (Fsp3) is 0.700. The minimum absolute atomic E-state index is 0.244. The number of allylic oxidation sites excluding steroid dienone is 2. The summed E-state index contributed by atoms with van der Waals surface area (Å²) in [6.45, 7) is 8.23.